The third kappa shape index (κ3) is 4.93. The largest absolute Gasteiger partial charge is 0.365 e. The number of benzene rings is 2. The number of primary amides is 1. The highest BCUT2D eigenvalue weighted by Crippen LogP contribution is 2.37. The van der Waals surface area contributed by atoms with Crippen molar-refractivity contribution in [2.45, 2.75) is 48.0 Å². The average molecular weight is 563 g/mol. The lowest BCUT2D eigenvalue weighted by atomic mass is 10.1. The molecule has 3 N–H and O–H groups in total. The van der Waals surface area contributed by atoms with Gasteiger partial charge < -0.3 is 11.1 Å². The van der Waals surface area contributed by atoms with Gasteiger partial charge in [-0.2, -0.15) is 0 Å². The number of amides is 1. The van der Waals surface area contributed by atoms with Crippen molar-refractivity contribution in [1.82, 2.24) is 9.29 Å². The zero-order valence-electron chi connectivity index (χ0n) is 20.1. The summed E-state index contributed by atoms with van der Waals surface area (Å²) in [5.41, 5.74) is 7.82. The molecule has 2 aliphatic rings. The molecule has 12 heteroatoms. The van der Waals surface area contributed by atoms with Crippen molar-refractivity contribution in [3.8, 4) is 0 Å². The summed E-state index contributed by atoms with van der Waals surface area (Å²) in [4.78, 5) is 16.7. The lowest BCUT2D eigenvalue weighted by Gasteiger charge is -2.31. The number of halogens is 1. The molecule has 1 aromatic heterocycles. The second kappa shape index (κ2) is 9.54. The number of aryl methyl sites for hydroxylation is 1. The van der Waals surface area contributed by atoms with E-state index in [0.29, 0.717) is 45.7 Å². The number of hydrogen-bond acceptors (Lipinski definition) is 7. The normalized spacial score (nSPS) is 17.7. The summed E-state index contributed by atoms with van der Waals surface area (Å²) in [5, 5.41) is 3.05. The van der Waals surface area contributed by atoms with Gasteiger partial charge in [-0.15, -0.1) is 0 Å². The highest BCUT2D eigenvalue weighted by Gasteiger charge is 2.43. The van der Waals surface area contributed by atoms with Crippen LogP contribution in [0.3, 0.4) is 0 Å². The summed E-state index contributed by atoms with van der Waals surface area (Å²) < 4.78 is 54.0. The number of piperidine rings is 1. The minimum Gasteiger partial charge on any atom is -0.365 e. The van der Waals surface area contributed by atoms with Gasteiger partial charge in [0.2, 0.25) is 10.0 Å². The second-order valence-electron chi connectivity index (χ2n) is 9.57. The van der Waals surface area contributed by atoms with Crippen LogP contribution in [0.4, 0.5) is 11.4 Å². The van der Waals surface area contributed by atoms with E-state index in [0.717, 1.165) is 0 Å². The second-order valence-corrected chi connectivity index (χ2v) is 14.4. The molecular weight excluding hydrogens is 536 g/mol. The Morgan fingerprint density at radius 1 is 1.05 bits per heavy atom. The fourth-order valence-corrected chi connectivity index (χ4v) is 8.71. The molecule has 0 unspecified atom stereocenters. The summed E-state index contributed by atoms with van der Waals surface area (Å²) in [6, 6.07) is 9.98. The molecule has 3 aromatic rings. The monoisotopic (exact) mass is 562 g/mol. The fourth-order valence-electron chi connectivity index (χ4n) is 4.81. The standard InChI is InChI=1S/C25H27ClN4O5S2/c1-15-11-20(36(32,33)18-7-9-30(10-8-18)37(34,35)19-5-6-19)13-21-23(15)28-14-22(25(27)31)24(21)29-17-4-2-3-16(26)12-17/h2-4,11-14,18-19H,5-10H2,1H3,(H2,27,31)(H,28,29). The van der Waals surface area contributed by atoms with Crippen LogP contribution in [-0.2, 0) is 19.9 Å². The number of fused-ring (bicyclic) bond motifs is 1. The van der Waals surface area contributed by atoms with Crippen LogP contribution in [-0.4, -0.2) is 55.6 Å². The highest BCUT2D eigenvalue weighted by atomic mass is 35.5. The third-order valence-electron chi connectivity index (χ3n) is 6.97. The molecule has 5 rings (SSSR count). The number of nitrogens with two attached hydrogens (primary N) is 1. The van der Waals surface area contributed by atoms with Crippen molar-refractivity contribution in [3.63, 3.8) is 0 Å². The SMILES string of the molecule is Cc1cc(S(=O)(=O)C2CCN(S(=O)(=O)C3CC3)CC2)cc2c(Nc3cccc(Cl)c3)c(C(N)=O)cnc12. The van der Waals surface area contributed by atoms with Crippen LogP contribution in [0.15, 0.2) is 47.5 Å². The molecule has 37 heavy (non-hydrogen) atoms. The third-order valence-corrected chi connectivity index (χ3v) is 11.8. The predicted octanol–water partition coefficient (Wildman–Crippen LogP) is 3.77. The van der Waals surface area contributed by atoms with E-state index in [1.54, 1.807) is 37.3 Å². The van der Waals surface area contributed by atoms with E-state index in [9.17, 15) is 21.6 Å². The number of nitrogens with zero attached hydrogens (tertiary/aromatic N) is 2. The Bertz CT molecular complexity index is 1610. The van der Waals surface area contributed by atoms with E-state index in [1.807, 2.05) is 0 Å². The summed E-state index contributed by atoms with van der Waals surface area (Å²) in [6.45, 7) is 2.13. The van der Waals surface area contributed by atoms with Gasteiger partial charge in [0.1, 0.15) is 0 Å². The van der Waals surface area contributed by atoms with Gasteiger partial charge in [0.15, 0.2) is 9.84 Å². The maximum Gasteiger partial charge on any atom is 0.252 e. The molecular formula is C25H27ClN4O5S2. The average Bonchev–Trinajstić information content (AvgIpc) is 3.70. The Morgan fingerprint density at radius 2 is 1.76 bits per heavy atom. The van der Waals surface area contributed by atoms with E-state index in [-0.39, 0.29) is 41.6 Å². The minimum absolute atomic E-state index is 0.0959. The minimum atomic E-state index is -3.79. The maximum absolute atomic E-state index is 13.7. The van der Waals surface area contributed by atoms with Crippen LogP contribution in [0.1, 0.15) is 41.6 Å². The molecule has 0 atom stereocenters. The quantitative estimate of drug-likeness (QED) is 0.446. The predicted molar refractivity (Wildman–Crippen MR) is 143 cm³/mol. The maximum atomic E-state index is 13.7. The van der Waals surface area contributed by atoms with Gasteiger partial charge in [0.05, 0.1) is 32.2 Å². The van der Waals surface area contributed by atoms with Gasteiger partial charge in [-0.3, -0.25) is 9.78 Å². The number of aromatic nitrogens is 1. The van der Waals surface area contributed by atoms with E-state index >= 15 is 0 Å². The molecule has 1 amide bonds. The number of rotatable bonds is 7. The van der Waals surface area contributed by atoms with Crippen LogP contribution < -0.4 is 11.1 Å². The fraction of sp³-hybridized carbons (Fsp3) is 0.360. The molecule has 1 aliphatic carbocycles. The number of sulfonamides is 1. The first kappa shape index (κ1) is 25.9. The van der Waals surface area contributed by atoms with E-state index in [1.165, 1.54) is 16.6 Å². The number of carbonyl (C=O) groups is 1. The molecule has 1 aliphatic heterocycles. The van der Waals surface area contributed by atoms with Crippen molar-refractivity contribution in [2.75, 3.05) is 18.4 Å². The zero-order chi connectivity index (χ0) is 26.5. The van der Waals surface area contributed by atoms with Gasteiger partial charge in [-0.1, -0.05) is 17.7 Å². The summed E-state index contributed by atoms with van der Waals surface area (Å²) >= 11 is 6.12. The van der Waals surface area contributed by atoms with Gasteiger partial charge >= 0.3 is 0 Å². The lowest BCUT2D eigenvalue weighted by molar-refractivity contribution is 0.100. The smallest absolute Gasteiger partial charge is 0.252 e. The van der Waals surface area contributed by atoms with Gasteiger partial charge in [-0.05, 0) is 68.5 Å². The Hall–Kier alpha value is -2.73. The molecule has 0 radical (unpaired) electrons. The molecule has 9 nitrogen and oxygen atoms in total. The van der Waals surface area contributed by atoms with Gasteiger partial charge in [0.25, 0.3) is 5.91 Å². The molecule has 2 aromatic carbocycles. The van der Waals surface area contributed by atoms with Crippen molar-refractivity contribution < 1.29 is 21.6 Å². The Morgan fingerprint density at radius 3 is 2.38 bits per heavy atom. The number of sulfone groups is 1. The number of carbonyl (C=O) groups excluding carboxylic acids is 1. The molecule has 0 spiro atoms. The van der Waals surface area contributed by atoms with Gasteiger partial charge in [0, 0.05) is 35.4 Å². The van der Waals surface area contributed by atoms with Crippen molar-refractivity contribution in [2.24, 2.45) is 5.73 Å². The Labute approximate surface area is 221 Å². The lowest BCUT2D eigenvalue weighted by Crippen LogP contribution is -2.43. The number of hydrogen-bond donors (Lipinski definition) is 2. The summed E-state index contributed by atoms with van der Waals surface area (Å²) in [7, 11) is -7.13. The van der Waals surface area contributed by atoms with E-state index < -0.39 is 31.0 Å². The van der Waals surface area contributed by atoms with Crippen LogP contribution in [0.25, 0.3) is 10.9 Å². The Balaban J connectivity index is 1.53. The molecule has 2 fully saturated rings. The summed E-state index contributed by atoms with van der Waals surface area (Å²) in [5.74, 6) is -0.714. The first-order valence-corrected chi connectivity index (χ1v) is 15.4. The first-order valence-electron chi connectivity index (χ1n) is 12.0. The van der Waals surface area contributed by atoms with E-state index in [4.69, 9.17) is 17.3 Å². The van der Waals surface area contributed by atoms with Crippen LogP contribution in [0.5, 0.6) is 0 Å². The molecule has 2 heterocycles. The van der Waals surface area contributed by atoms with Crippen molar-refractivity contribution in [1.29, 1.82) is 0 Å². The van der Waals surface area contributed by atoms with Crippen LogP contribution in [0, 0.1) is 6.92 Å². The van der Waals surface area contributed by atoms with Crippen molar-refractivity contribution in [3.05, 3.63) is 58.7 Å². The first-order chi connectivity index (χ1) is 17.5. The Kier molecular flexibility index (Phi) is 6.68. The zero-order valence-corrected chi connectivity index (χ0v) is 22.5. The van der Waals surface area contributed by atoms with Crippen LogP contribution >= 0.6 is 11.6 Å². The number of anilines is 2. The molecule has 1 saturated heterocycles. The highest BCUT2D eigenvalue weighted by molar-refractivity contribution is 7.92. The molecule has 1 saturated carbocycles. The van der Waals surface area contributed by atoms with E-state index in [2.05, 4.69) is 10.3 Å². The molecule has 0 bridgehead atoms. The summed E-state index contributed by atoms with van der Waals surface area (Å²) in [6.07, 6.45) is 3.15. The van der Waals surface area contributed by atoms with Gasteiger partial charge in [-0.25, -0.2) is 21.1 Å². The van der Waals surface area contributed by atoms with Crippen molar-refractivity contribution >= 4 is 59.6 Å². The number of pyridine rings is 1. The van der Waals surface area contributed by atoms with Crippen LogP contribution in [0.2, 0.25) is 5.02 Å². The molecule has 196 valence electrons. The number of nitrogens with one attached hydrogen (secondary N) is 1. The topological polar surface area (TPSA) is 140 Å².